The fraction of sp³-hybridized carbons (Fsp3) is 0.481. The van der Waals surface area contributed by atoms with Gasteiger partial charge in [0.2, 0.25) is 11.8 Å². The molecule has 0 aliphatic heterocycles. The number of hydrogen-bond acceptors (Lipinski definition) is 8. The van der Waals surface area contributed by atoms with Crippen molar-refractivity contribution in [3.8, 4) is 5.88 Å². The van der Waals surface area contributed by atoms with Gasteiger partial charge in [0.25, 0.3) is 15.9 Å². The lowest BCUT2D eigenvalue weighted by molar-refractivity contribution is -0.125. The number of amides is 2. The number of carbonyl (C=O) groups excluding carboxylic acids is 3. The van der Waals surface area contributed by atoms with Crippen molar-refractivity contribution in [3.05, 3.63) is 53.7 Å². The first-order valence-electron chi connectivity index (χ1n) is 13.0. The van der Waals surface area contributed by atoms with Crippen molar-refractivity contribution in [1.82, 2.24) is 15.0 Å². The van der Waals surface area contributed by atoms with Crippen molar-refractivity contribution in [2.24, 2.45) is 5.92 Å². The summed E-state index contributed by atoms with van der Waals surface area (Å²) in [5.41, 5.74) is 0.835. The zero-order chi connectivity index (χ0) is 27.5. The lowest BCUT2D eigenvalue weighted by Crippen LogP contribution is -2.33. The summed E-state index contributed by atoms with van der Waals surface area (Å²) in [6.45, 7) is 4.24. The molecule has 0 spiro atoms. The van der Waals surface area contributed by atoms with Gasteiger partial charge in [-0.05, 0) is 55.9 Å². The van der Waals surface area contributed by atoms with E-state index < -0.39 is 22.1 Å². The molecule has 10 nitrogen and oxygen atoms in total. The predicted octanol–water partition coefficient (Wildman–Crippen LogP) is 4.14. The molecule has 2 N–H and O–H groups in total. The van der Waals surface area contributed by atoms with Crippen LogP contribution in [0.3, 0.4) is 0 Å². The van der Waals surface area contributed by atoms with Crippen LogP contribution in [0, 0.1) is 5.92 Å². The number of sulfonamides is 1. The molecule has 0 atom stereocenters. The Morgan fingerprint density at radius 2 is 1.68 bits per heavy atom. The molecule has 1 fully saturated rings. The van der Waals surface area contributed by atoms with Crippen LogP contribution < -0.4 is 14.8 Å². The maximum Gasteiger partial charge on any atom is 0.515 e. The van der Waals surface area contributed by atoms with Gasteiger partial charge in [0, 0.05) is 24.7 Å². The molecule has 1 aliphatic rings. The van der Waals surface area contributed by atoms with Crippen LogP contribution in [0.1, 0.15) is 74.7 Å². The van der Waals surface area contributed by atoms with Gasteiger partial charge in [-0.25, -0.2) is 22.9 Å². The first kappa shape index (κ1) is 29.1. The van der Waals surface area contributed by atoms with Crippen LogP contribution in [0.5, 0.6) is 5.88 Å². The number of aromatic nitrogens is 1. The summed E-state index contributed by atoms with van der Waals surface area (Å²) in [6, 6.07) is 8.70. The number of pyridine rings is 1. The van der Waals surface area contributed by atoms with E-state index in [1.54, 1.807) is 12.1 Å². The van der Waals surface area contributed by atoms with Crippen molar-refractivity contribution in [2.75, 3.05) is 6.54 Å². The Labute approximate surface area is 223 Å². The number of ether oxygens (including phenoxy) is 2. The number of nitrogens with zero attached hydrogens (tertiary/aromatic N) is 1. The summed E-state index contributed by atoms with van der Waals surface area (Å²) < 4.78 is 37.5. The second kappa shape index (κ2) is 13.9. The molecule has 2 amide bonds. The summed E-state index contributed by atoms with van der Waals surface area (Å²) in [5, 5.41) is 2.96. The zero-order valence-corrected chi connectivity index (χ0v) is 22.6. The van der Waals surface area contributed by atoms with E-state index in [1.165, 1.54) is 30.7 Å². The molecule has 0 radical (unpaired) electrons. The monoisotopic (exact) mass is 545 g/mol. The minimum absolute atomic E-state index is 0.0281. The smallest absolute Gasteiger partial charge is 0.431 e. The normalized spacial score (nSPS) is 14.1. The minimum Gasteiger partial charge on any atom is -0.431 e. The summed E-state index contributed by atoms with van der Waals surface area (Å²) in [6.07, 6.45) is 7.05. The number of benzene rings is 1. The fourth-order valence-electron chi connectivity index (χ4n) is 4.19. The average Bonchev–Trinajstić information content (AvgIpc) is 2.92. The molecule has 3 rings (SSSR count). The second-order valence-corrected chi connectivity index (χ2v) is 10.9. The van der Waals surface area contributed by atoms with E-state index in [9.17, 15) is 22.8 Å². The Hall–Kier alpha value is -3.47. The van der Waals surface area contributed by atoms with Gasteiger partial charge in [-0.2, -0.15) is 0 Å². The molecule has 206 valence electrons. The summed E-state index contributed by atoms with van der Waals surface area (Å²) in [4.78, 5) is 40.4. The van der Waals surface area contributed by atoms with Crippen LogP contribution in [0.15, 0.2) is 47.5 Å². The van der Waals surface area contributed by atoms with E-state index in [0.29, 0.717) is 25.8 Å². The Morgan fingerprint density at radius 3 is 2.29 bits per heavy atom. The molecular formula is C27H35N3O7S. The lowest BCUT2D eigenvalue weighted by Gasteiger charge is -2.20. The average molecular weight is 546 g/mol. The van der Waals surface area contributed by atoms with E-state index in [-0.39, 0.29) is 34.3 Å². The fourth-order valence-corrected chi connectivity index (χ4v) is 5.16. The highest BCUT2D eigenvalue weighted by molar-refractivity contribution is 7.90. The molecule has 0 bridgehead atoms. The Bertz CT molecular complexity index is 1190. The maximum atomic E-state index is 12.7. The highest BCUT2D eigenvalue weighted by Crippen LogP contribution is 2.23. The van der Waals surface area contributed by atoms with E-state index in [0.717, 1.165) is 37.4 Å². The maximum absolute atomic E-state index is 12.7. The van der Waals surface area contributed by atoms with Crippen molar-refractivity contribution < 1.29 is 32.3 Å². The molecule has 1 aromatic carbocycles. The lowest BCUT2D eigenvalue weighted by atomic mass is 9.88. The number of carbonyl (C=O) groups is 3. The van der Waals surface area contributed by atoms with Gasteiger partial charge in [-0.1, -0.05) is 45.2 Å². The number of hydrogen-bond donors (Lipinski definition) is 2. The van der Waals surface area contributed by atoms with Crippen molar-refractivity contribution in [3.63, 3.8) is 0 Å². The third kappa shape index (κ3) is 8.54. The summed E-state index contributed by atoms with van der Waals surface area (Å²) in [7, 11) is -4.12. The number of rotatable bonds is 11. The molecule has 0 saturated heterocycles. The van der Waals surface area contributed by atoms with E-state index in [4.69, 9.17) is 9.47 Å². The van der Waals surface area contributed by atoms with Gasteiger partial charge >= 0.3 is 6.16 Å². The molecule has 11 heteroatoms. The summed E-state index contributed by atoms with van der Waals surface area (Å²) >= 11 is 0. The molecule has 1 aliphatic carbocycles. The van der Waals surface area contributed by atoms with Crippen molar-refractivity contribution in [1.29, 1.82) is 0 Å². The molecule has 2 aromatic rings. The zero-order valence-electron chi connectivity index (χ0n) is 21.8. The quantitative estimate of drug-likeness (QED) is 0.401. The van der Waals surface area contributed by atoms with Crippen LogP contribution in [-0.2, 0) is 26.0 Å². The standard InChI is InChI=1S/C27H35N3O7S/c1-3-22(4-2)36-27(33)37-24-15-12-21(18-29-24)26(32)30-38(34,35)23-13-10-19(11-14-23)16-17-28-25(31)20-8-6-5-7-9-20/h10-15,18,20,22H,3-9,16-17H2,1-2H3,(H,28,31)(H,30,32). The van der Waals surface area contributed by atoms with Gasteiger partial charge in [-0.15, -0.1) is 0 Å². The molecular weight excluding hydrogens is 510 g/mol. The van der Waals surface area contributed by atoms with Crippen LogP contribution in [0.2, 0.25) is 0 Å². The topological polar surface area (TPSA) is 141 Å². The Balaban J connectivity index is 1.49. The first-order valence-corrected chi connectivity index (χ1v) is 14.5. The predicted molar refractivity (Wildman–Crippen MR) is 140 cm³/mol. The van der Waals surface area contributed by atoms with E-state index in [1.807, 2.05) is 18.6 Å². The van der Waals surface area contributed by atoms with E-state index >= 15 is 0 Å². The third-order valence-corrected chi connectivity index (χ3v) is 7.86. The van der Waals surface area contributed by atoms with Gasteiger partial charge in [0.15, 0.2) is 0 Å². The number of nitrogens with one attached hydrogen (secondary N) is 2. The highest BCUT2D eigenvalue weighted by Gasteiger charge is 2.21. The van der Waals surface area contributed by atoms with Gasteiger partial charge in [-0.3, -0.25) is 9.59 Å². The molecule has 0 unspecified atom stereocenters. The summed E-state index contributed by atoms with van der Waals surface area (Å²) in [5.74, 6) is -0.777. The van der Waals surface area contributed by atoms with Gasteiger partial charge in [0.1, 0.15) is 6.10 Å². The third-order valence-electron chi connectivity index (χ3n) is 6.51. The second-order valence-electron chi connectivity index (χ2n) is 9.25. The van der Waals surface area contributed by atoms with Crippen molar-refractivity contribution in [2.45, 2.75) is 76.2 Å². The van der Waals surface area contributed by atoms with Crippen LogP contribution in [0.4, 0.5) is 4.79 Å². The molecule has 1 saturated carbocycles. The van der Waals surface area contributed by atoms with Gasteiger partial charge in [0.05, 0.1) is 10.5 Å². The van der Waals surface area contributed by atoms with Crippen LogP contribution >= 0.6 is 0 Å². The Morgan fingerprint density at radius 1 is 1.00 bits per heavy atom. The molecule has 1 heterocycles. The molecule has 38 heavy (non-hydrogen) atoms. The largest absolute Gasteiger partial charge is 0.515 e. The SMILES string of the molecule is CCC(CC)OC(=O)Oc1ccc(C(=O)NS(=O)(=O)c2ccc(CCNC(=O)C3CCCCC3)cc2)cn1. The highest BCUT2D eigenvalue weighted by atomic mass is 32.2. The first-order chi connectivity index (χ1) is 18.2. The van der Waals surface area contributed by atoms with Gasteiger partial charge < -0.3 is 14.8 Å². The minimum atomic E-state index is -4.12. The van der Waals surface area contributed by atoms with Crippen molar-refractivity contribution >= 4 is 28.0 Å². The Kier molecular flexibility index (Phi) is 10.6. The van der Waals surface area contributed by atoms with E-state index in [2.05, 4.69) is 10.3 Å². The molecule has 1 aromatic heterocycles. The van der Waals surface area contributed by atoms with Crippen LogP contribution in [-0.4, -0.2) is 44.0 Å². The van der Waals surface area contributed by atoms with Crippen LogP contribution in [0.25, 0.3) is 0 Å².